The first-order valence-corrected chi connectivity index (χ1v) is 13.5. The molecule has 0 aliphatic carbocycles. The molecular formula is C24H22ClN3OS3. The SMILES string of the molecule is CCN1CCc2c(sc(NC(=O)CSc3ccc(Cl)cc3)c2-c2nc3ccccc3s2)C1. The molecule has 4 aromatic rings. The first kappa shape index (κ1) is 21.9. The fraction of sp³-hybridized carbons (Fsp3) is 0.250. The van der Waals surface area contributed by atoms with Gasteiger partial charge in [-0.3, -0.25) is 9.69 Å². The van der Waals surface area contributed by atoms with Crippen molar-refractivity contribution in [2.75, 3.05) is 24.2 Å². The van der Waals surface area contributed by atoms with E-state index in [1.54, 1.807) is 22.7 Å². The Morgan fingerprint density at radius 2 is 2.00 bits per heavy atom. The van der Waals surface area contributed by atoms with Gasteiger partial charge in [-0.15, -0.1) is 34.4 Å². The Morgan fingerprint density at radius 1 is 1.19 bits per heavy atom. The van der Waals surface area contributed by atoms with Crippen molar-refractivity contribution in [3.05, 3.63) is 64.0 Å². The molecule has 0 saturated carbocycles. The number of nitrogens with one attached hydrogen (secondary N) is 1. The zero-order valence-corrected chi connectivity index (χ0v) is 20.8. The number of nitrogens with zero attached hydrogens (tertiary/aromatic N) is 2. The van der Waals surface area contributed by atoms with Gasteiger partial charge in [0.2, 0.25) is 5.91 Å². The number of hydrogen-bond acceptors (Lipinski definition) is 6. The van der Waals surface area contributed by atoms with Gasteiger partial charge in [0.1, 0.15) is 10.0 Å². The summed E-state index contributed by atoms with van der Waals surface area (Å²) in [7, 11) is 0. The molecule has 1 aliphatic heterocycles. The summed E-state index contributed by atoms with van der Waals surface area (Å²) in [6, 6.07) is 15.8. The van der Waals surface area contributed by atoms with Crippen molar-refractivity contribution >= 4 is 67.2 Å². The maximum atomic E-state index is 12.9. The molecule has 5 rings (SSSR count). The second kappa shape index (κ2) is 9.53. The number of thiazole rings is 1. The minimum absolute atomic E-state index is 0.00162. The highest BCUT2D eigenvalue weighted by molar-refractivity contribution is 8.00. The molecule has 1 N–H and O–H groups in total. The van der Waals surface area contributed by atoms with Gasteiger partial charge in [0.05, 0.1) is 16.0 Å². The maximum absolute atomic E-state index is 12.9. The highest BCUT2D eigenvalue weighted by Gasteiger charge is 2.27. The highest BCUT2D eigenvalue weighted by atomic mass is 35.5. The summed E-state index contributed by atoms with van der Waals surface area (Å²) >= 11 is 10.9. The molecule has 0 bridgehead atoms. The highest BCUT2D eigenvalue weighted by Crippen LogP contribution is 2.45. The van der Waals surface area contributed by atoms with Crippen LogP contribution in [-0.4, -0.2) is 34.6 Å². The molecule has 0 fully saturated rings. The molecule has 1 aliphatic rings. The van der Waals surface area contributed by atoms with Crippen LogP contribution in [-0.2, 0) is 17.8 Å². The average Bonchev–Trinajstić information content (AvgIpc) is 3.38. The number of likely N-dealkylation sites (N-methyl/N-ethyl adjacent to an activating group) is 1. The number of para-hydroxylation sites is 1. The van der Waals surface area contributed by atoms with Gasteiger partial charge in [0, 0.05) is 33.4 Å². The number of carbonyl (C=O) groups excluding carboxylic acids is 1. The molecule has 0 unspecified atom stereocenters. The van der Waals surface area contributed by atoms with Crippen LogP contribution in [0.1, 0.15) is 17.4 Å². The molecule has 2 aromatic heterocycles. The van der Waals surface area contributed by atoms with E-state index < -0.39 is 0 Å². The normalized spacial score (nSPS) is 13.9. The second-order valence-electron chi connectivity index (χ2n) is 7.60. The standard InChI is InChI=1S/C24H22ClN3OS3/c1-2-28-12-11-17-20(13-28)32-24(22(17)23-26-18-5-3-4-6-19(18)31-23)27-21(29)14-30-16-9-7-15(25)8-10-16/h3-10H,2,11-14H2,1H3,(H,27,29). The molecule has 0 saturated heterocycles. The molecule has 164 valence electrons. The Kier molecular flexibility index (Phi) is 6.53. The largest absolute Gasteiger partial charge is 0.316 e. The lowest BCUT2D eigenvalue weighted by Crippen LogP contribution is -2.29. The minimum Gasteiger partial charge on any atom is -0.316 e. The minimum atomic E-state index is -0.00162. The van der Waals surface area contributed by atoms with Crippen LogP contribution >= 0.6 is 46.0 Å². The number of rotatable bonds is 6. The lowest BCUT2D eigenvalue weighted by atomic mass is 10.0. The van der Waals surface area contributed by atoms with Gasteiger partial charge in [0.25, 0.3) is 0 Å². The zero-order valence-electron chi connectivity index (χ0n) is 17.6. The lowest BCUT2D eigenvalue weighted by molar-refractivity contribution is -0.113. The Bertz CT molecular complexity index is 1230. The van der Waals surface area contributed by atoms with E-state index in [0.717, 1.165) is 52.0 Å². The zero-order chi connectivity index (χ0) is 22.1. The third-order valence-electron chi connectivity index (χ3n) is 5.53. The van der Waals surface area contributed by atoms with Gasteiger partial charge < -0.3 is 5.32 Å². The number of carbonyl (C=O) groups is 1. The molecule has 0 radical (unpaired) electrons. The molecule has 3 heterocycles. The third kappa shape index (κ3) is 4.58. The van der Waals surface area contributed by atoms with Crippen LogP contribution in [0, 0.1) is 0 Å². The van der Waals surface area contributed by atoms with Crippen LogP contribution in [0.2, 0.25) is 5.02 Å². The summed E-state index contributed by atoms with van der Waals surface area (Å²) in [6.45, 7) is 5.21. The Balaban J connectivity index is 1.43. The monoisotopic (exact) mass is 499 g/mol. The molecular weight excluding hydrogens is 478 g/mol. The number of fused-ring (bicyclic) bond motifs is 2. The summed E-state index contributed by atoms with van der Waals surface area (Å²) in [5, 5.41) is 5.82. The molecule has 4 nitrogen and oxygen atoms in total. The molecule has 2 aromatic carbocycles. The molecule has 0 atom stereocenters. The number of amides is 1. The van der Waals surface area contributed by atoms with Crippen molar-refractivity contribution in [2.45, 2.75) is 24.8 Å². The first-order chi connectivity index (χ1) is 15.6. The van der Waals surface area contributed by atoms with Gasteiger partial charge in [-0.25, -0.2) is 4.98 Å². The summed E-state index contributed by atoms with van der Waals surface area (Å²) in [6.07, 6.45) is 0.986. The fourth-order valence-electron chi connectivity index (χ4n) is 3.86. The lowest BCUT2D eigenvalue weighted by Gasteiger charge is -2.25. The summed E-state index contributed by atoms with van der Waals surface area (Å²) in [5.41, 5.74) is 3.47. The van der Waals surface area contributed by atoms with E-state index >= 15 is 0 Å². The van der Waals surface area contributed by atoms with Crippen molar-refractivity contribution in [3.8, 4) is 10.6 Å². The fourth-order valence-corrected chi connectivity index (χ4v) is 7.10. The van der Waals surface area contributed by atoms with E-state index in [9.17, 15) is 4.79 Å². The molecule has 32 heavy (non-hydrogen) atoms. The predicted molar refractivity (Wildman–Crippen MR) is 138 cm³/mol. The molecule has 1 amide bonds. The van der Waals surface area contributed by atoms with Crippen LogP contribution in [0.4, 0.5) is 5.00 Å². The van der Waals surface area contributed by atoms with Gasteiger partial charge in [-0.1, -0.05) is 30.7 Å². The molecule has 8 heteroatoms. The van der Waals surface area contributed by atoms with Crippen molar-refractivity contribution in [1.82, 2.24) is 9.88 Å². The second-order valence-corrected chi connectivity index (χ2v) is 11.2. The van der Waals surface area contributed by atoms with E-state index in [1.807, 2.05) is 42.5 Å². The third-order valence-corrected chi connectivity index (χ3v) is 8.98. The molecule has 0 spiro atoms. The summed E-state index contributed by atoms with van der Waals surface area (Å²) in [5.74, 6) is 0.350. The van der Waals surface area contributed by atoms with Crippen LogP contribution < -0.4 is 5.32 Å². The summed E-state index contributed by atoms with van der Waals surface area (Å²) < 4.78 is 1.17. The van der Waals surface area contributed by atoms with E-state index in [-0.39, 0.29) is 5.91 Å². The summed E-state index contributed by atoms with van der Waals surface area (Å²) in [4.78, 5) is 22.6. The van der Waals surface area contributed by atoms with Gasteiger partial charge in [0.15, 0.2) is 0 Å². The number of aromatic nitrogens is 1. The van der Waals surface area contributed by atoms with Gasteiger partial charge >= 0.3 is 0 Å². The number of hydrogen-bond donors (Lipinski definition) is 1. The average molecular weight is 500 g/mol. The van der Waals surface area contributed by atoms with E-state index in [0.29, 0.717) is 10.8 Å². The van der Waals surface area contributed by atoms with E-state index in [1.165, 1.54) is 26.9 Å². The van der Waals surface area contributed by atoms with Crippen LogP contribution in [0.25, 0.3) is 20.8 Å². The quantitative estimate of drug-likeness (QED) is 0.297. The number of thioether (sulfide) groups is 1. The van der Waals surface area contributed by atoms with Crippen molar-refractivity contribution in [1.29, 1.82) is 0 Å². The Hall–Kier alpha value is -1.90. The Morgan fingerprint density at radius 3 is 2.78 bits per heavy atom. The van der Waals surface area contributed by atoms with Crippen LogP contribution in [0.15, 0.2) is 53.4 Å². The van der Waals surface area contributed by atoms with Crippen molar-refractivity contribution in [2.24, 2.45) is 0 Å². The topological polar surface area (TPSA) is 45.2 Å². The van der Waals surface area contributed by atoms with E-state index in [4.69, 9.17) is 16.6 Å². The van der Waals surface area contributed by atoms with Gasteiger partial charge in [-0.05, 0) is 54.9 Å². The Labute approximate surface area is 204 Å². The first-order valence-electron chi connectivity index (χ1n) is 10.5. The van der Waals surface area contributed by atoms with Crippen LogP contribution in [0.3, 0.4) is 0 Å². The van der Waals surface area contributed by atoms with Gasteiger partial charge in [-0.2, -0.15) is 0 Å². The van der Waals surface area contributed by atoms with Crippen molar-refractivity contribution in [3.63, 3.8) is 0 Å². The number of halogens is 1. The van der Waals surface area contributed by atoms with E-state index in [2.05, 4.69) is 23.2 Å². The van der Waals surface area contributed by atoms with Crippen molar-refractivity contribution < 1.29 is 4.79 Å². The smallest absolute Gasteiger partial charge is 0.235 e. The maximum Gasteiger partial charge on any atom is 0.235 e. The number of benzene rings is 2. The predicted octanol–water partition coefficient (Wildman–Crippen LogP) is 6.79. The number of thiophene rings is 1. The van der Waals surface area contributed by atoms with Crippen LogP contribution in [0.5, 0.6) is 0 Å². The number of anilines is 1.